The van der Waals surface area contributed by atoms with Crippen LogP contribution in [0.2, 0.25) is 0 Å². The first kappa shape index (κ1) is 10.9. The lowest BCUT2D eigenvalue weighted by Crippen LogP contribution is -2.32. The van der Waals surface area contributed by atoms with Gasteiger partial charge in [-0.05, 0) is 18.4 Å². The van der Waals surface area contributed by atoms with Crippen LogP contribution in [-0.2, 0) is 9.63 Å². The lowest BCUT2D eigenvalue weighted by Gasteiger charge is -2.25. The molecule has 1 aliphatic heterocycles. The number of fused-ring (bicyclic) bond motifs is 1. The Balaban J connectivity index is 1.95. The zero-order chi connectivity index (χ0) is 11.8. The van der Waals surface area contributed by atoms with E-state index in [9.17, 15) is 4.79 Å². The number of rotatable bonds is 1. The molecular weight excluding hydrogens is 214 g/mol. The highest BCUT2D eigenvalue weighted by Crippen LogP contribution is 2.43. The topological polar surface area (TPSA) is 29.5 Å². The molecule has 2 aliphatic rings. The molecule has 1 aromatic rings. The number of Topliss-reactive ketones (excluding diaryl/α,β-unsaturated/α-hetero) is 1. The molecule has 3 rings (SSSR count). The molecule has 17 heavy (non-hydrogen) atoms. The second-order valence-corrected chi connectivity index (χ2v) is 4.93. The van der Waals surface area contributed by atoms with Gasteiger partial charge in [0.2, 0.25) is 0 Å². The Kier molecular flexibility index (Phi) is 2.73. The van der Waals surface area contributed by atoms with Gasteiger partial charge in [-0.1, -0.05) is 30.3 Å². The standard InChI is InChI=1S/C14H17NO2/c1-15-14(10-6-3-2-4-7-10)13-11(16)8-5-9-12(13)17-15/h2-4,6-7,12-14H,5,8-9H2,1H3/t12-,13-,14+/m0/s1. The van der Waals surface area contributed by atoms with Crippen molar-refractivity contribution in [1.82, 2.24) is 5.06 Å². The van der Waals surface area contributed by atoms with Crippen molar-refractivity contribution < 1.29 is 9.63 Å². The molecule has 0 aromatic heterocycles. The van der Waals surface area contributed by atoms with Crippen LogP contribution in [0.3, 0.4) is 0 Å². The normalized spacial score (nSPS) is 33.7. The smallest absolute Gasteiger partial charge is 0.140 e. The van der Waals surface area contributed by atoms with Crippen LogP contribution in [0.5, 0.6) is 0 Å². The summed E-state index contributed by atoms with van der Waals surface area (Å²) in [7, 11) is 1.93. The first-order valence-electron chi connectivity index (χ1n) is 6.24. The number of hydrogen-bond acceptors (Lipinski definition) is 3. The maximum Gasteiger partial charge on any atom is 0.140 e. The van der Waals surface area contributed by atoms with Crippen molar-refractivity contribution in [3.63, 3.8) is 0 Å². The molecule has 3 nitrogen and oxygen atoms in total. The summed E-state index contributed by atoms with van der Waals surface area (Å²) in [5.74, 6) is 0.385. The van der Waals surface area contributed by atoms with Gasteiger partial charge in [0.25, 0.3) is 0 Å². The number of carbonyl (C=O) groups excluding carboxylic acids is 1. The third kappa shape index (κ3) is 1.79. The lowest BCUT2D eigenvalue weighted by atomic mass is 9.79. The maximum absolute atomic E-state index is 12.1. The fraction of sp³-hybridized carbons (Fsp3) is 0.500. The molecule has 1 saturated heterocycles. The highest BCUT2D eigenvalue weighted by atomic mass is 16.7. The fourth-order valence-electron chi connectivity index (χ4n) is 3.10. The molecule has 1 aliphatic carbocycles. The highest BCUT2D eigenvalue weighted by molar-refractivity contribution is 5.83. The average molecular weight is 231 g/mol. The van der Waals surface area contributed by atoms with E-state index in [2.05, 4.69) is 12.1 Å². The fourth-order valence-corrected chi connectivity index (χ4v) is 3.10. The van der Waals surface area contributed by atoms with Gasteiger partial charge in [-0.25, -0.2) is 0 Å². The van der Waals surface area contributed by atoms with Crippen LogP contribution in [0.1, 0.15) is 30.9 Å². The molecule has 1 heterocycles. The predicted molar refractivity (Wildman–Crippen MR) is 64.2 cm³/mol. The van der Waals surface area contributed by atoms with Crippen molar-refractivity contribution in [2.24, 2.45) is 5.92 Å². The van der Waals surface area contributed by atoms with E-state index in [0.717, 1.165) is 12.8 Å². The lowest BCUT2D eigenvalue weighted by molar-refractivity contribution is -0.149. The van der Waals surface area contributed by atoms with Gasteiger partial charge in [0.15, 0.2) is 0 Å². The monoisotopic (exact) mass is 231 g/mol. The van der Waals surface area contributed by atoms with Crippen molar-refractivity contribution in [2.75, 3.05) is 7.05 Å². The number of carbonyl (C=O) groups is 1. The third-order valence-electron chi connectivity index (χ3n) is 3.86. The maximum atomic E-state index is 12.1. The summed E-state index contributed by atoms with van der Waals surface area (Å²) in [5, 5.41) is 1.87. The number of ketones is 1. The van der Waals surface area contributed by atoms with Crippen molar-refractivity contribution >= 4 is 5.78 Å². The summed E-state index contributed by atoms with van der Waals surface area (Å²) >= 11 is 0. The molecule has 1 aromatic carbocycles. The van der Waals surface area contributed by atoms with Crippen LogP contribution >= 0.6 is 0 Å². The Morgan fingerprint density at radius 2 is 2.06 bits per heavy atom. The number of hydrogen-bond donors (Lipinski definition) is 0. The molecule has 0 amide bonds. The van der Waals surface area contributed by atoms with E-state index in [4.69, 9.17) is 4.84 Å². The molecular formula is C14H17NO2. The van der Waals surface area contributed by atoms with Gasteiger partial charge in [-0.15, -0.1) is 0 Å². The van der Waals surface area contributed by atoms with Gasteiger partial charge in [-0.2, -0.15) is 5.06 Å². The van der Waals surface area contributed by atoms with Crippen LogP contribution in [-0.4, -0.2) is 24.0 Å². The summed E-state index contributed by atoms with van der Waals surface area (Å²) < 4.78 is 0. The summed E-state index contributed by atoms with van der Waals surface area (Å²) in [4.78, 5) is 17.9. The van der Waals surface area contributed by atoms with Crippen molar-refractivity contribution in [1.29, 1.82) is 0 Å². The quantitative estimate of drug-likeness (QED) is 0.743. The van der Waals surface area contributed by atoms with Gasteiger partial charge >= 0.3 is 0 Å². The van der Waals surface area contributed by atoms with Crippen LogP contribution in [0.15, 0.2) is 30.3 Å². The minimum Gasteiger partial charge on any atom is -0.299 e. The molecule has 0 spiro atoms. The molecule has 2 fully saturated rings. The van der Waals surface area contributed by atoms with Crippen molar-refractivity contribution in [3.05, 3.63) is 35.9 Å². The minimum atomic E-state index is 0.0242. The largest absolute Gasteiger partial charge is 0.299 e. The second kappa shape index (κ2) is 4.24. The minimum absolute atomic E-state index is 0.0242. The molecule has 0 bridgehead atoms. The summed E-state index contributed by atoms with van der Waals surface area (Å²) in [6.07, 6.45) is 2.77. The number of hydroxylamine groups is 2. The van der Waals surface area contributed by atoms with Gasteiger partial charge in [0.05, 0.1) is 18.1 Å². The summed E-state index contributed by atoms with van der Waals surface area (Å²) in [6.45, 7) is 0. The van der Waals surface area contributed by atoms with Crippen LogP contribution in [0, 0.1) is 5.92 Å². The third-order valence-corrected chi connectivity index (χ3v) is 3.86. The van der Waals surface area contributed by atoms with E-state index in [0.29, 0.717) is 12.2 Å². The van der Waals surface area contributed by atoms with Crippen molar-refractivity contribution in [3.8, 4) is 0 Å². The van der Waals surface area contributed by atoms with Crippen LogP contribution in [0.25, 0.3) is 0 Å². The Bertz CT molecular complexity index is 417. The number of nitrogens with zero attached hydrogens (tertiary/aromatic N) is 1. The van der Waals surface area contributed by atoms with Gasteiger partial charge < -0.3 is 0 Å². The zero-order valence-corrected chi connectivity index (χ0v) is 10.0. The average Bonchev–Trinajstić information content (AvgIpc) is 2.68. The van der Waals surface area contributed by atoms with Crippen LogP contribution in [0.4, 0.5) is 0 Å². The molecule has 0 radical (unpaired) electrons. The molecule has 1 saturated carbocycles. The first-order chi connectivity index (χ1) is 8.27. The van der Waals surface area contributed by atoms with E-state index in [1.807, 2.05) is 30.3 Å². The number of benzene rings is 1. The molecule has 3 heteroatoms. The van der Waals surface area contributed by atoms with Gasteiger partial charge in [0.1, 0.15) is 5.78 Å². The summed E-state index contributed by atoms with van der Waals surface area (Å²) in [5.41, 5.74) is 1.18. The molecule has 3 atom stereocenters. The van der Waals surface area contributed by atoms with E-state index in [1.54, 1.807) is 0 Å². The van der Waals surface area contributed by atoms with E-state index in [-0.39, 0.29) is 18.1 Å². The highest BCUT2D eigenvalue weighted by Gasteiger charge is 2.47. The van der Waals surface area contributed by atoms with Crippen LogP contribution < -0.4 is 0 Å². The Labute approximate surface area is 101 Å². The SMILES string of the molecule is CN1O[C@H]2CCCC(=O)[C@@H]2[C@H]1c1ccccc1. The van der Waals surface area contributed by atoms with E-state index < -0.39 is 0 Å². The molecule has 0 N–H and O–H groups in total. The molecule has 0 unspecified atom stereocenters. The Morgan fingerprint density at radius 1 is 1.29 bits per heavy atom. The Hall–Kier alpha value is -1.19. The predicted octanol–water partition coefficient (Wildman–Crippen LogP) is 2.34. The Morgan fingerprint density at radius 3 is 2.82 bits per heavy atom. The van der Waals surface area contributed by atoms with Crippen molar-refractivity contribution in [2.45, 2.75) is 31.4 Å². The van der Waals surface area contributed by atoms with Gasteiger partial charge in [0, 0.05) is 13.5 Å². The van der Waals surface area contributed by atoms with Gasteiger partial charge in [-0.3, -0.25) is 9.63 Å². The van der Waals surface area contributed by atoms with E-state index in [1.165, 1.54) is 5.56 Å². The first-order valence-corrected chi connectivity index (χ1v) is 6.24. The molecule has 90 valence electrons. The zero-order valence-electron chi connectivity index (χ0n) is 10.0. The second-order valence-electron chi connectivity index (χ2n) is 4.93. The van der Waals surface area contributed by atoms with E-state index >= 15 is 0 Å². The summed E-state index contributed by atoms with van der Waals surface area (Å²) in [6, 6.07) is 10.3.